The minimum Gasteiger partial charge on any atom is -2.00 e. The van der Waals surface area contributed by atoms with Crippen LogP contribution in [0.5, 0.6) is 0 Å². The van der Waals surface area contributed by atoms with Gasteiger partial charge < -0.3 is 27.4 Å². The minimum absolute atomic E-state index is 0. The molecule has 0 fully saturated rings. The average molecular weight is 184 g/mol. The molecule has 0 aliphatic heterocycles. The molecule has 0 saturated heterocycles. The van der Waals surface area contributed by atoms with Crippen molar-refractivity contribution in [3.8, 4) is 0 Å². The van der Waals surface area contributed by atoms with Crippen molar-refractivity contribution in [3.05, 3.63) is 0 Å². The summed E-state index contributed by atoms with van der Waals surface area (Å²) in [5, 5.41) is 0. The second-order valence-electron chi connectivity index (χ2n) is 0. The van der Waals surface area contributed by atoms with Crippen LogP contribution >= 0.6 is 0 Å². The summed E-state index contributed by atoms with van der Waals surface area (Å²) in [5.41, 5.74) is 0. The molecule has 42 valence electrons. The quantitative estimate of drug-likeness (QED) is 0.473. The predicted octanol–water partition coefficient (Wildman–Crippen LogP) is -0.599. The van der Waals surface area contributed by atoms with Crippen molar-refractivity contribution in [1.29, 1.82) is 0 Å². The Balaban J connectivity index is 0. The summed E-state index contributed by atoms with van der Waals surface area (Å²) in [6.07, 6.45) is 0. The molecule has 7 heavy (non-hydrogen) atoms. The Morgan fingerprint density at radius 2 is 0.286 bits per heavy atom. The SMILES string of the molecule is [Cr+5].[Cr+5].[O-2].[O-2].[O-2].[O-2].[O-2]. The van der Waals surface area contributed by atoms with Crippen LogP contribution < -0.4 is 0 Å². The van der Waals surface area contributed by atoms with Crippen molar-refractivity contribution in [2.24, 2.45) is 0 Å². The van der Waals surface area contributed by atoms with Crippen molar-refractivity contribution in [1.82, 2.24) is 0 Å². The molecule has 0 bridgehead atoms. The van der Waals surface area contributed by atoms with Gasteiger partial charge in [-0.3, -0.25) is 0 Å². The predicted molar refractivity (Wildman–Crippen MR) is 3.43 cm³/mol. The Morgan fingerprint density at radius 3 is 0.286 bits per heavy atom. The van der Waals surface area contributed by atoms with Gasteiger partial charge in [0.1, 0.15) is 0 Å². The average Bonchev–Trinajstić information content (AvgIpc) is 0. The van der Waals surface area contributed by atoms with Crippen LogP contribution in [0, 0.1) is 0 Å². The molecule has 2 radical (unpaired) electrons. The second kappa shape index (κ2) is 316. The Kier molecular flexibility index (Phi) is 22300. The fourth-order valence-corrected chi connectivity index (χ4v) is 0. The molecular formula is Cr2O5. The number of hydrogen-bond acceptors (Lipinski definition) is 0. The maximum atomic E-state index is 0. The molecule has 0 spiro atoms. The molecule has 0 aromatic heterocycles. The van der Waals surface area contributed by atoms with Crippen LogP contribution in [0.15, 0.2) is 0 Å². The van der Waals surface area contributed by atoms with E-state index in [0.717, 1.165) is 0 Å². The van der Waals surface area contributed by atoms with Gasteiger partial charge in [0.05, 0.1) is 0 Å². The molecule has 0 aliphatic carbocycles. The fourth-order valence-electron chi connectivity index (χ4n) is 0. The summed E-state index contributed by atoms with van der Waals surface area (Å²) in [7, 11) is 0. The van der Waals surface area contributed by atoms with Crippen molar-refractivity contribution < 1.29 is 62.1 Å². The van der Waals surface area contributed by atoms with Crippen LogP contribution in [0.2, 0.25) is 0 Å². The molecule has 0 atom stereocenters. The van der Waals surface area contributed by atoms with Gasteiger partial charge in [-0.05, 0) is 0 Å². The summed E-state index contributed by atoms with van der Waals surface area (Å²) in [5.74, 6) is 0. The third-order valence-electron chi connectivity index (χ3n) is 0. The minimum atomic E-state index is 0. The number of rotatable bonds is 0. The van der Waals surface area contributed by atoms with Crippen LogP contribution in [-0.4, -0.2) is 0 Å². The first-order valence-electron chi connectivity index (χ1n) is 0. The third kappa shape index (κ3) is 217. The standard InChI is InChI=1S/2Cr.5O/q2*+5;5*-2. The van der Waals surface area contributed by atoms with Gasteiger partial charge in [0.25, 0.3) is 0 Å². The first kappa shape index (κ1) is 495. The van der Waals surface area contributed by atoms with E-state index in [1.54, 1.807) is 0 Å². The van der Waals surface area contributed by atoms with Gasteiger partial charge in [0.15, 0.2) is 0 Å². The van der Waals surface area contributed by atoms with Gasteiger partial charge in [0.2, 0.25) is 0 Å². The Morgan fingerprint density at radius 1 is 0.286 bits per heavy atom. The zero-order valence-electron chi connectivity index (χ0n) is 2.86. The first-order valence-corrected chi connectivity index (χ1v) is 0. The number of hydrogen-bond donors (Lipinski definition) is 0. The second-order valence-corrected chi connectivity index (χ2v) is 0. The normalized spacial score (nSPS) is 0. The fraction of sp³-hybridized carbons (Fsp3) is 0. The summed E-state index contributed by atoms with van der Waals surface area (Å²) < 4.78 is 0. The van der Waals surface area contributed by atoms with Gasteiger partial charge in [-0.15, -0.1) is 0 Å². The smallest absolute Gasteiger partial charge is 2.00 e. The van der Waals surface area contributed by atoms with Crippen LogP contribution in [-0.2, 0) is 62.1 Å². The van der Waals surface area contributed by atoms with Crippen molar-refractivity contribution in [2.45, 2.75) is 0 Å². The van der Waals surface area contributed by atoms with Crippen molar-refractivity contribution in [2.75, 3.05) is 0 Å². The van der Waals surface area contributed by atoms with Crippen LogP contribution in [0.4, 0.5) is 0 Å². The molecule has 0 aromatic rings. The van der Waals surface area contributed by atoms with E-state index in [1.807, 2.05) is 0 Å². The largest absolute Gasteiger partial charge is 5.00 e. The van der Waals surface area contributed by atoms with Crippen molar-refractivity contribution in [3.63, 3.8) is 0 Å². The molecule has 0 unspecified atom stereocenters. The summed E-state index contributed by atoms with van der Waals surface area (Å²) in [6, 6.07) is 0. The van der Waals surface area contributed by atoms with Gasteiger partial charge in [-0.2, -0.15) is 0 Å². The molecule has 0 aliphatic rings. The van der Waals surface area contributed by atoms with Crippen LogP contribution in [0.3, 0.4) is 0 Å². The zero-order chi connectivity index (χ0) is 0. The molecule has 5 nitrogen and oxygen atoms in total. The molecule has 0 heterocycles. The Bertz CT molecular complexity index is 6.04. The van der Waals surface area contributed by atoms with Crippen LogP contribution in [0.1, 0.15) is 0 Å². The molecule has 0 rings (SSSR count). The van der Waals surface area contributed by atoms with E-state index in [9.17, 15) is 0 Å². The molecule has 0 saturated carbocycles. The molecule has 0 amide bonds. The van der Waals surface area contributed by atoms with Gasteiger partial charge in [-0.1, -0.05) is 0 Å². The Hall–Kier alpha value is 0.865. The van der Waals surface area contributed by atoms with E-state index in [4.69, 9.17) is 0 Å². The molecule has 0 aromatic carbocycles. The van der Waals surface area contributed by atoms with E-state index < -0.39 is 0 Å². The van der Waals surface area contributed by atoms with E-state index >= 15 is 0 Å². The summed E-state index contributed by atoms with van der Waals surface area (Å²) >= 11 is 0. The maximum absolute atomic E-state index is 0. The monoisotopic (exact) mass is 184 g/mol. The zero-order valence-corrected chi connectivity index (χ0v) is 5.41. The van der Waals surface area contributed by atoms with Crippen molar-refractivity contribution >= 4 is 0 Å². The summed E-state index contributed by atoms with van der Waals surface area (Å²) in [4.78, 5) is 0. The first-order chi connectivity index (χ1) is 0. The maximum Gasteiger partial charge on any atom is 5.00 e. The van der Waals surface area contributed by atoms with E-state index in [2.05, 4.69) is 0 Å². The van der Waals surface area contributed by atoms with E-state index in [1.165, 1.54) is 0 Å². The Labute approximate surface area is 62.5 Å². The molecular weight excluding hydrogens is 184 g/mol. The molecule has 0 N–H and O–H groups in total. The topological polar surface area (TPSA) is 142 Å². The van der Waals surface area contributed by atoms with Gasteiger partial charge >= 0.3 is 34.7 Å². The third-order valence-corrected chi connectivity index (χ3v) is 0. The van der Waals surface area contributed by atoms with E-state index in [0.29, 0.717) is 0 Å². The van der Waals surface area contributed by atoms with Gasteiger partial charge in [-0.25, -0.2) is 0 Å². The van der Waals surface area contributed by atoms with E-state index in [-0.39, 0.29) is 62.1 Å². The van der Waals surface area contributed by atoms with Gasteiger partial charge in [0, 0.05) is 0 Å². The summed E-state index contributed by atoms with van der Waals surface area (Å²) in [6.45, 7) is 0. The molecule has 7 heteroatoms. The van der Waals surface area contributed by atoms with Crippen LogP contribution in [0.25, 0.3) is 0 Å².